The molecular formula is C19H19N5O3S. The molecule has 0 saturated heterocycles. The van der Waals surface area contributed by atoms with Crippen LogP contribution in [0.3, 0.4) is 0 Å². The number of benzene rings is 1. The third-order valence-corrected chi connectivity index (χ3v) is 5.87. The van der Waals surface area contributed by atoms with Gasteiger partial charge in [-0.25, -0.2) is 12.7 Å². The molecule has 1 amide bonds. The average Bonchev–Trinajstić information content (AvgIpc) is 2.73. The van der Waals surface area contributed by atoms with Crippen LogP contribution in [0.2, 0.25) is 0 Å². The van der Waals surface area contributed by atoms with Gasteiger partial charge in [0.25, 0.3) is 5.91 Å². The van der Waals surface area contributed by atoms with Crippen molar-refractivity contribution in [1.82, 2.24) is 24.6 Å². The molecule has 9 heteroatoms. The van der Waals surface area contributed by atoms with Crippen LogP contribution in [0.1, 0.15) is 16.1 Å². The van der Waals surface area contributed by atoms with Crippen LogP contribution < -0.4 is 5.32 Å². The van der Waals surface area contributed by atoms with Crippen LogP contribution in [0.15, 0.2) is 66.1 Å². The van der Waals surface area contributed by atoms with Crippen LogP contribution in [0.5, 0.6) is 0 Å². The smallest absolute Gasteiger partial charge is 0.251 e. The van der Waals surface area contributed by atoms with E-state index in [1.807, 2.05) is 12.1 Å². The second kappa shape index (κ2) is 8.24. The minimum absolute atomic E-state index is 0.128. The lowest BCUT2D eigenvalue weighted by atomic mass is 10.1. The van der Waals surface area contributed by atoms with Crippen molar-refractivity contribution in [2.24, 2.45) is 0 Å². The van der Waals surface area contributed by atoms with E-state index in [4.69, 9.17) is 0 Å². The summed E-state index contributed by atoms with van der Waals surface area (Å²) in [5.41, 5.74) is 2.49. The molecular weight excluding hydrogens is 378 g/mol. The lowest BCUT2D eigenvalue weighted by molar-refractivity contribution is 0.0950. The molecule has 144 valence electrons. The number of nitrogens with one attached hydrogen (secondary N) is 1. The molecule has 2 aromatic heterocycles. The highest BCUT2D eigenvalue weighted by molar-refractivity contribution is 7.89. The minimum atomic E-state index is -3.53. The quantitative estimate of drug-likeness (QED) is 0.679. The zero-order valence-corrected chi connectivity index (χ0v) is 16.2. The third kappa shape index (κ3) is 4.21. The van der Waals surface area contributed by atoms with E-state index in [2.05, 4.69) is 20.3 Å². The van der Waals surface area contributed by atoms with Crippen molar-refractivity contribution in [3.8, 4) is 11.3 Å². The molecule has 1 aromatic carbocycles. The van der Waals surface area contributed by atoms with Crippen molar-refractivity contribution >= 4 is 15.9 Å². The van der Waals surface area contributed by atoms with Crippen molar-refractivity contribution in [3.63, 3.8) is 0 Å². The van der Waals surface area contributed by atoms with Gasteiger partial charge in [0.2, 0.25) is 10.0 Å². The Kier molecular flexibility index (Phi) is 5.76. The van der Waals surface area contributed by atoms with Gasteiger partial charge in [0.05, 0.1) is 22.8 Å². The first kappa shape index (κ1) is 19.6. The van der Waals surface area contributed by atoms with Crippen molar-refractivity contribution in [2.75, 3.05) is 14.1 Å². The predicted octanol–water partition coefficient (Wildman–Crippen LogP) is 1.72. The second-order valence-electron chi connectivity index (χ2n) is 6.08. The Morgan fingerprint density at radius 1 is 0.964 bits per heavy atom. The van der Waals surface area contributed by atoms with Crippen LogP contribution >= 0.6 is 0 Å². The number of carbonyl (C=O) groups is 1. The van der Waals surface area contributed by atoms with Gasteiger partial charge in [-0.2, -0.15) is 0 Å². The first-order valence-corrected chi connectivity index (χ1v) is 9.84. The van der Waals surface area contributed by atoms with Gasteiger partial charge in [0.1, 0.15) is 0 Å². The summed E-state index contributed by atoms with van der Waals surface area (Å²) in [6, 6.07) is 9.42. The Labute approximate surface area is 163 Å². The van der Waals surface area contributed by atoms with E-state index in [0.29, 0.717) is 17.0 Å². The van der Waals surface area contributed by atoms with E-state index >= 15 is 0 Å². The van der Waals surface area contributed by atoms with Crippen molar-refractivity contribution < 1.29 is 13.2 Å². The molecule has 3 rings (SSSR count). The Morgan fingerprint density at radius 3 is 2.25 bits per heavy atom. The van der Waals surface area contributed by atoms with Gasteiger partial charge in [-0.3, -0.25) is 19.7 Å². The number of hydrogen-bond donors (Lipinski definition) is 1. The molecule has 28 heavy (non-hydrogen) atoms. The number of pyridine rings is 1. The highest BCUT2D eigenvalue weighted by Gasteiger charge is 2.17. The number of nitrogens with zero attached hydrogens (tertiary/aromatic N) is 4. The fourth-order valence-electron chi connectivity index (χ4n) is 2.50. The van der Waals surface area contributed by atoms with E-state index in [0.717, 1.165) is 9.87 Å². The van der Waals surface area contributed by atoms with Gasteiger partial charge >= 0.3 is 0 Å². The maximum absolute atomic E-state index is 12.4. The molecule has 0 unspecified atom stereocenters. The summed E-state index contributed by atoms with van der Waals surface area (Å²) in [7, 11) is -0.621. The molecule has 3 aromatic rings. The number of hydrogen-bond acceptors (Lipinski definition) is 6. The van der Waals surface area contributed by atoms with E-state index < -0.39 is 10.0 Å². The molecule has 0 bridgehead atoms. The van der Waals surface area contributed by atoms with Crippen LogP contribution in [0, 0.1) is 0 Å². The molecule has 0 aliphatic heterocycles. The Morgan fingerprint density at radius 2 is 1.61 bits per heavy atom. The van der Waals surface area contributed by atoms with Crippen LogP contribution in [-0.4, -0.2) is 47.7 Å². The maximum Gasteiger partial charge on any atom is 0.251 e. The second-order valence-corrected chi connectivity index (χ2v) is 8.23. The predicted molar refractivity (Wildman–Crippen MR) is 104 cm³/mol. The highest BCUT2D eigenvalue weighted by Crippen LogP contribution is 2.19. The zero-order valence-electron chi connectivity index (χ0n) is 15.4. The van der Waals surface area contributed by atoms with Gasteiger partial charge in [0.15, 0.2) is 0 Å². The first-order chi connectivity index (χ1) is 13.4. The number of aromatic nitrogens is 3. The van der Waals surface area contributed by atoms with E-state index in [9.17, 15) is 13.2 Å². The normalized spacial score (nSPS) is 11.4. The zero-order chi connectivity index (χ0) is 20.1. The fraction of sp³-hybridized carbons (Fsp3) is 0.158. The lowest BCUT2D eigenvalue weighted by Crippen LogP contribution is -2.24. The summed E-state index contributed by atoms with van der Waals surface area (Å²) >= 11 is 0. The largest absolute Gasteiger partial charge is 0.346 e. The number of sulfonamides is 1. The summed E-state index contributed by atoms with van der Waals surface area (Å²) in [5.74, 6) is -0.333. The Balaban J connectivity index is 1.74. The Bertz CT molecular complexity index is 1070. The average molecular weight is 397 g/mol. The molecule has 0 aliphatic carbocycles. The van der Waals surface area contributed by atoms with Crippen molar-refractivity contribution in [3.05, 3.63) is 72.4 Å². The molecule has 0 aliphatic rings. The SMILES string of the molecule is CN(C)S(=O)(=O)c1ccc(C(=O)NCc2nccnc2-c2ccncc2)cc1. The maximum atomic E-state index is 12.4. The number of rotatable bonds is 6. The van der Waals surface area contributed by atoms with E-state index in [-0.39, 0.29) is 17.3 Å². The molecule has 0 atom stereocenters. The summed E-state index contributed by atoms with van der Waals surface area (Å²) < 4.78 is 25.3. The summed E-state index contributed by atoms with van der Waals surface area (Å²) in [5, 5.41) is 2.79. The highest BCUT2D eigenvalue weighted by atomic mass is 32.2. The molecule has 0 saturated carbocycles. The first-order valence-electron chi connectivity index (χ1n) is 8.40. The number of carbonyl (C=O) groups excluding carboxylic acids is 1. The van der Waals surface area contributed by atoms with Gasteiger partial charge in [-0.15, -0.1) is 0 Å². The van der Waals surface area contributed by atoms with Crippen LogP contribution in [0.25, 0.3) is 11.3 Å². The summed E-state index contributed by atoms with van der Waals surface area (Å²) in [4.78, 5) is 25.2. The Hall–Kier alpha value is -3.17. The molecule has 0 radical (unpaired) electrons. The molecule has 0 fully saturated rings. The molecule has 0 spiro atoms. The molecule has 1 N–H and O–H groups in total. The monoisotopic (exact) mass is 397 g/mol. The minimum Gasteiger partial charge on any atom is -0.346 e. The van der Waals surface area contributed by atoms with Gasteiger partial charge in [0, 0.05) is 50.0 Å². The van der Waals surface area contributed by atoms with Gasteiger partial charge in [-0.1, -0.05) is 0 Å². The van der Waals surface area contributed by atoms with Gasteiger partial charge < -0.3 is 5.32 Å². The van der Waals surface area contributed by atoms with Crippen molar-refractivity contribution in [2.45, 2.75) is 11.4 Å². The van der Waals surface area contributed by atoms with Crippen LogP contribution in [-0.2, 0) is 16.6 Å². The summed E-state index contributed by atoms with van der Waals surface area (Å²) in [6.45, 7) is 0.183. The van der Waals surface area contributed by atoms with E-state index in [1.54, 1.807) is 24.8 Å². The molecule has 2 heterocycles. The van der Waals surface area contributed by atoms with Crippen molar-refractivity contribution in [1.29, 1.82) is 0 Å². The summed E-state index contributed by atoms with van der Waals surface area (Å²) in [6.07, 6.45) is 6.48. The topological polar surface area (TPSA) is 105 Å². The lowest BCUT2D eigenvalue weighted by Gasteiger charge is -2.12. The van der Waals surface area contributed by atoms with Gasteiger partial charge in [-0.05, 0) is 36.4 Å². The standard InChI is InChI=1S/C19H19N5O3S/c1-24(2)28(26,27)16-5-3-15(4-6-16)19(25)23-13-17-18(22-12-11-21-17)14-7-9-20-10-8-14/h3-12H,13H2,1-2H3,(H,23,25). The fourth-order valence-corrected chi connectivity index (χ4v) is 3.40. The third-order valence-electron chi connectivity index (χ3n) is 4.04. The van der Waals surface area contributed by atoms with E-state index in [1.165, 1.54) is 38.4 Å². The number of amides is 1. The molecule has 8 nitrogen and oxygen atoms in total. The van der Waals surface area contributed by atoms with Crippen LogP contribution in [0.4, 0.5) is 0 Å².